The van der Waals surface area contributed by atoms with Gasteiger partial charge in [-0.05, 0) is 43.5 Å². The Balaban J connectivity index is 1.72. The van der Waals surface area contributed by atoms with Gasteiger partial charge in [0.05, 0.1) is 12.7 Å². The number of nitrogens with zero attached hydrogens (tertiary/aromatic N) is 1. The van der Waals surface area contributed by atoms with Crippen LogP contribution in [0.5, 0.6) is 0 Å². The van der Waals surface area contributed by atoms with Gasteiger partial charge in [0.15, 0.2) is 0 Å². The Morgan fingerprint density at radius 3 is 2.75 bits per heavy atom. The lowest BCUT2D eigenvalue weighted by molar-refractivity contribution is -0.129. The largest absolute Gasteiger partial charge is 0.465 e. The summed E-state index contributed by atoms with van der Waals surface area (Å²) in [5, 5.41) is 3.43. The standard InChI is InChI=1S/C19H28N2O3/c1-3-4-13-21-17(9-10-18(21)22)11-12-20-14-15-5-7-16(8-6-15)19(23)24-2/h5-8,17,20H,3-4,9-14H2,1-2H3/t17-/m1/s1. The molecule has 2 rings (SSSR count). The maximum absolute atomic E-state index is 11.9. The minimum absolute atomic E-state index is 0.312. The molecule has 1 atom stereocenters. The van der Waals surface area contributed by atoms with Gasteiger partial charge in [-0.3, -0.25) is 4.79 Å². The number of carbonyl (C=O) groups excluding carboxylic acids is 2. The average Bonchev–Trinajstić information content (AvgIpc) is 2.96. The monoisotopic (exact) mass is 332 g/mol. The molecule has 1 aromatic rings. The molecule has 132 valence electrons. The van der Waals surface area contributed by atoms with E-state index in [9.17, 15) is 9.59 Å². The van der Waals surface area contributed by atoms with Crippen molar-refractivity contribution in [3.8, 4) is 0 Å². The van der Waals surface area contributed by atoms with E-state index < -0.39 is 0 Å². The summed E-state index contributed by atoms with van der Waals surface area (Å²) in [5.41, 5.74) is 1.70. The van der Waals surface area contributed by atoms with Crippen LogP contribution in [0.4, 0.5) is 0 Å². The molecule has 0 bridgehead atoms. The smallest absolute Gasteiger partial charge is 0.337 e. The van der Waals surface area contributed by atoms with Crippen LogP contribution in [0.15, 0.2) is 24.3 Å². The van der Waals surface area contributed by atoms with Crippen LogP contribution in [-0.2, 0) is 16.1 Å². The van der Waals surface area contributed by atoms with Gasteiger partial charge in [-0.15, -0.1) is 0 Å². The number of unbranched alkanes of at least 4 members (excludes halogenated alkanes) is 1. The Kier molecular flexibility index (Phi) is 7.25. The lowest BCUT2D eigenvalue weighted by Gasteiger charge is -2.24. The third-order valence-corrected chi connectivity index (χ3v) is 4.56. The molecule has 1 saturated heterocycles. The number of carbonyl (C=O) groups is 2. The first-order valence-corrected chi connectivity index (χ1v) is 8.83. The summed E-state index contributed by atoms with van der Waals surface area (Å²) in [6.45, 7) is 4.70. The second-order valence-corrected chi connectivity index (χ2v) is 6.29. The number of amides is 1. The average molecular weight is 332 g/mol. The molecular weight excluding hydrogens is 304 g/mol. The lowest BCUT2D eigenvalue weighted by atomic mass is 10.1. The normalized spacial score (nSPS) is 17.3. The topological polar surface area (TPSA) is 58.6 Å². The second kappa shape index (κ2) is 9.42. The first kappa shape index (κ1) is 18.5. The third-order valence-electron chi connectivity index (χ3n) is 4.56. The minimum Gasteiger partial charge on any atom is -0.465 e. The van der Waals surface area contributed by atoms with E-state index in [1.165, 1.54) is 7.11 Å². The van der Waals surface area contributed by atoms with Crippen molar-refractivity contribution in [2.75, 3.05) is 20.2 Å². The number of nitrogens with one attached hydrogen (secondary N) is 1. The number of likely N-dealkylation sites (tertiary alicyclic amines) is 1. The SMILES string of the molecule is CCCCN1C(=O)CC[C@@H]1CCNCc1ccc(C(=O)OC)cc1. The fourth-order valence-corrected chi connectivity index (χ4v) is 3.11. The van der Waals surface area contributed by atoms with E-state index in [0.29, 0.717) is 23.9 Å². The number of hydrogen-bond acceptors (Lipinski definition) is 4. The molecule has 5 nitrogen and oxygen atoms in total. The molecule has 1 fully saturated rings. The van der Waals surface area contributed by atoms with Crippen molar-refractivity contribution in [3.05, 3.63) is 35.4 Å². The molecule has 0 aromatic heterocycles. The van der Waals surface area contributed by atoms with Gasteiger partial charge < -0.3 is 15.0 Å². The molecule has 0 saturated carbocycles. The summed E-state index contributed by atoms with van der Waals surface area (Å²) in [6, 6.07) is 7.83. The summed E-state index contributed by atoms with van der Waals surface area (Å²) >= 11 is 0. The van der Waals surface area contributed by atoms with Crippen LogP contribution in [0, 0.1) is 0 Å². The summed E-state index contributed by atoms with van der Waals surface area (Å²) in [7, 11) is 1.38. The zero-order valence-electron chi connectivity index (χ0n) is 14.7. The predicted octanol–water partition coefficient (Wildman–Crippen LogP) is 2.74. The molecule has 1 aromatic carbocycles. The molecular formula is C19H28N2O3. The van der Waals surface area contributed by atoms with Crippen molar-refractivity contribution in [1.29, 1.82) is 0 Å². The van der Waals surface area contributed by atoms with Gasteiger partial charge in [0.25, 0.3) is 0 Å². The van der Waals surface area contributed by atoms with Gasteiger partial charge in [0.1, 0.15) is 0 Å². The molecule has 0 spiro atoms. The van der Waals surface area contributed by atoms with Crippen LogP contribution in [0.1, 0.15) is 54.9 Å². The summed E-state index contributed by atoms with van der Waals surface area (Å²) < 4.78 is 4.69. The van der Waals surface area contributed by atoms with Crippen LogP contribution in [-0.4, -0.2) is 43.0 Å². The Morgan fingerprint density at radius 1 is 1.33 bits per heavy atom. The number of rotatable bonds is 9. The molecule has 24 heavy (non-hydrogen) atoms. The van der Waals surface area contributed by atoms with Gasteiger partial charge >= 0.3 is 5.97 Å². The van der Waals surface area contributed by atoms with Crippen LogP contribution < -0.4 is 5.32 Å². The Bertz CT molecular complexity index is 542. The molecule has 0 aliphatic carbocycles. The first-order valence-electron chi connectivity index (χ1n) is 8.83. The van der Waals surface area contributed by atoms with E-state index in [1.807, 2.05) is 12.1 Å². The quantitative estimate of drug-likeness (QED) is 0.558. The highest BCUT2D eigenvalue weighted by Crippen LogP contribution is 2.21. The zero-order chi connectivity index (χ0) is 17.4. The Labute approximate surface area is 144 Å². The number of methoxy groups -OCH3 is 1. The summed E-state index contributed by atoms with van der Waals surface area (Å²) in [5.74, 6) is -0.000528. The van der Waals surface area contributed by atoms with Crippen LogP contribution in [0.25, 0.3) is 0 Å². The van der Waals surface area contributed by atoms with Crippen molar-refractivity contribution in [2.45, 2.75) is 51.6 Å². The van der Waals surface area contributed by atoms with E-state index >= 15 is 0 Å². The van der Waals surface area contributed by atoms with Crippen LogP contribution in [0.3, 0.4) is 0 Å². The molecule has 5 heteroatoms. The van der Waals surface area contributed by atoms with Gasteiger partial charge in [0, 0.05) is 25.6 Å². The van der Waals surface area contributed by atoms with Gasteiger partial charge in [0.2, 0.25) is 5.91 Å². The molecule has 1 heterocycles. The van der Waals surface area contributed by atoms with Gasteiger partial charge in [-0.1, -0.05) is 25.5 Å². The Morgan fingerprint density at radius 2 is 2.08 bits per heavy atom. The number of benzene rings is 1. The number of hydrogen-bond donors (Lipinski definition) is 1. The second-order valence-electron chi connectivity index (χ2n) is 6.29. The molecule has 1 N–H and O–H groups in total. The fourth-order valence-electron chi connectivity index (χ4n) is 3.11. The van der Waals surface area contributed by atoms with Crippen LogP contribution >= 0.6 is 0 Å². The molecule has 1 aliphatic heterocycles. The maximum atomic E-state index is 11.9. The third kappa shape index (κ3) is 5.06. The predicted molar refractivity (Wildman–Crippen MR) is 93.7 cm³/mol. The number of ether oxygens (including phenoxy) is 1. The van der Waals surface area contributed by atoms with Crippen molar-refractivity contribution in [3.63, 3.8) is 0 Å². The van der Waals surface area contributed by atoms with Crippen molar-refractivity contribution in [2.24, 2.45) is 0 Å². The highest BCUT2D eigenvalue weighted by molar-refractivity contribution is 5.89. The molecule has 1 aliphatic rings. The minimum atomic E-state index is -0.312. The van der Waals surface area contributed by atoms with E-state index in [4.69, 9.17) is 4.74 Å². The molecule has 0 radical (unpaired) electrons. The van der Waals surface area contributed by atoms with Gasteiger partial charge in [-0.25, -0.2) is 4.79 Å². The zero-order valence-corrected chi connectivity index (χ0v) is 14.7. The fraction of sp³-hybridized carbons (Fsp3) is 0.579. The molecule has 1 amide bonds. The van der Waals surface area contributed by atoms with E-state index in [-0.39, 0.29) is 5.97 Å². The first-order chi connectivity index (χ1) is 11.7. The highest BCUT2D eigenvalue weighted by atomic mass is 16.5. The summed E-state index contributed by atoms with van der Waals surface area (Å²) in [4.78, 5) is 25.4. The summed E-state index contributed by atoms with van der Waals surface area (Å²) in [6.07, 6.45) is 4.88. The number of esters is 1. The highest BCUT2D eigenvalue weighted by Gasteiger charge is 2.29. The maximum Gasteiger partial charge on any atom is 0.337 e. The van der Waals surface area contributed by atoms with Crippen LogP contribution in [0.2, 0.25) is 0 Å². The van der Waals surface area contributed by atoms with Gasteiger partial charge in [-0.2, -0.15) is 0 Å². The van der Waals surface area contributed by atoms with Crippen molar-refractivity contribution < 1.29 is 14.3 Å². The molecule has 0 unspecified atom stereocenters. The lowest BCUT2D eigenvalue weighted by Crippen LogP contribution is -2.35. The van der Waals surface area contributed by atoms with E-state index in [2.05, 4.69) is 17.1 Å². The van der Waals surface area contributed by atoms with Crippen molar-refractivity contribution in [1.82, 2.24) is 10.2 Å². The van der Waals surface area contributed by atoms with E-state index in [0.717, 1.165) is 50.9 Å². The van der Waals surface area contributed by atoms with Crippen molar-refractivity contribution >= 4 is 11.9 Å². The van der Waals surface area contributed by atoms with E-state index in [1.54, 1.807) is 12.1 Å². The Hall–Kier alpha value is -1.88.